The number of fused-ring (bicyclic) bond motifs is 1. The maximum Gasteiger partial charge on any atom is 0.491 e. The number of ether oxygens (including phenoxy) is 3. The largest absolute Gasteiger partial charge is 0.491 e. The van der Waals surface area contributed by atoms with Crippen LogP contribution in [0.5, 0.6) is 5.75 Å². The zero-order valence-electron chi connectivity index (χ0n) is 21.0. The third-order valence-electron chi connectivity index (χ3n) is 5.18. The van der Waals surface area contributed by atoms with Crippen LogP contribution < -0.4 is 10.1 Å². The van der Waals surface area contributed by atoms with Gasteiger partial charge in [0.15, 0.2) is 5.75 Å². The summed E-state index contributed by atoms with van der Waals surface area (Å²) >= 11 is 0. The zero-order valence-corrected chi connectivity index (χ0v) is 21.0. The fourth-order valence-corrected chi connectivity index (χ4v) is 3.76. The normalized spacial score (nSPS) is 11.9. The number of anilines is 1. The summed E-state index contributed by atoms with van der Waals surface area (Å²) in [6.45, 7) is 8.65. The van der Waals surface area contributed by atoms with Gasteiger partial charge in [0.05, 0.1) is 29.6 Å². The Morgan fingerprint density at radius 1 is 1.05 bits per heavy atom. The Morgan fingerprint density at radius 2 is 1.76 bits per heavy atom. The first-order valence-corrected chi connectivity index (χ1v) is 11.5. The zero-order chi connectivity index (χ0) is 27.5. The predicted molar refractivity (Wildman–Crippen MR) is 129 cm³/mol. The monoisotopic (exact) mass is 523 g/mol. The molecule has 0 unspecified atom stereocenters. The van der Waals surface area contributed by atoms with Crippen molar-refractivity contribution >= 4 is 34.5 Å². The molecular weight excluding hydrogens is 495 g/mol. The number of alkyl halides is 3. The summed E-state index contributed by atoms with van der Waals surface area (Å²) in [7, 11) is 0. The number of hydrogen-bond acceptors (Lipinski definition) is 7. The van der Waals surface area contributed by atoms with Gasteiger partial charge in [-0.15, -0.1) is 0 Å². The second-order valence-electron chi connectivity index (χ2n) is 9.03. The summed E-state index contributed by atoms with van der Waals surface area (Å²) in [5.74, 6) is -3.95. The minimum absolute atomic E-state index is 0.0408. The molecule has 37 heavy (non-hydrogen) atoms. The molecule has 0 saturated carbocycles. The molecule has 9 nitrogen and oxygen atoms in total. The number of rotatable bonds is 8. The second-order valence-corrected chi connectivity index (χ2v) is 9.03. The van der Waals surface area contributed by atoms with Crippen LogP contribution >= 0.6 is 0 Å². The molecule has 0 aliphatic heterocycles. The van der Waals surface area contributed by atoms with Crippen molar-refractivity contribution in [2.75, 3.05) is 11.9 Å². The Kier molecular flexibility index (Phi) is 7.89. The van der Waals surface area contributed by atoms with Crippen molar-refractivity contribution in [1.29, 1.82) is 0 Å². The van der Waals surface area contributed by atoms with E-state index in [-0.39, 0.29) is 35.5 Å². The third kappa shape index (κ3) is 6.25. The standard InChI is InChI=1S/C25H28F3N3O6/c1-6-13-18(21(32)35-7-2)16(31-20(13)22(33)37-24(3,4)5)11-29-14-9-8-10-15-19(14)17(12-30-15)36-23(34)25(26,27)28/h8-10,12,29-31H,6-7,11H2,1-5H3. The van der Waals surface area contributed by atoms with E-state index in [4.69, 9.17) is 9.47 Å². The van der Waals surface area contributed by atoms with Gasteiger partial charge < -0.3 is 29.5 Å². The van der Waals surface area contributed by atoms with Gasteiger partial charge in [-0.25, -0.2) is 14.4 Å². The quantitative estimate of drug-likeness (QED) is 0.344. The van der Waals surface area contributed by atoms with Crippen LogP contribution in [-0.2, 0) is 27.2 Å². The lowest BCUT2D eigenvalue weighted by Crippen LogP contribution is -2.27. The number of aromatic nitrogens is 2. The molecule has 3 aromatic rings. The molecule has 0 bridgehead atoms. The van der Waals surface area contributed by atoms with E-state index in [1.165, 1.54) is 0 Å². The first-order chi connectivity index (χ1) is 17.3. The smallest absolute Gasteiger partial charge is 0.462 e. The number of esters is 3. The van der Waals surface area contributed by atoms with Crippen molar-refractivity contribution in [2.45, 2.75) is 59.4 Å². The summed E-state index contributed by atoms with van der Waals surface area (Å²) < 4.78 is 53.5. The highest BCUT2D eigenvalue weighted by Gasteiger charge is 2.42. The van der Waals surface area contributed by atoms with Crippen molar-refractivity contribution in [3.8, 4) is 5.75 Å². The molecule has 2 heterocycles. The van der Waals surface area contributed by atoms with Gasteiger partial charge in [0.25, 0.3) is 0 Å². The fraction of sp³-hybridized carbons (Fsp3) is 0.400. The third-order valence-corrected chi connectivity index (χ3v) is 5.18. The van der Waals surface area contributed by atoms with Gasteiger partial charge in [-0.2, -0.15) is 13.2 Å². The van der Waals surface area contributed by atoms with Crippen LogP contribution in [0.15, 0.2) is 24.4 Å². The lowest BCUT2D eigenvalue weighted by atomic mass is 10.1. The van der Waals surface area contributed by atoms with Crippen LogP contribution in [0.1, 0.15) is 66.7 Å². The van der Waals surface area contributed by atoms with E-state index >= 15 is 0 Å². The van der Waals surface area contributed by atoms with Crippen LogP contribution in [0.3, 0.4) is 0 Å². The predicted octanol–water partition coefficient (Wildman–Crippen LogP) is 5.27. The van der Waals surface area contributed by atoms with Crippen LogP contribution in [0.4, 0.5) is 18.9 Å². The number of carbonyl (C=O) groups excluding carboxylic acids is 3. The lowest BCUT2D eigenvalue weighted by Gasteiger charge is -2.19. The van der Waals surface area contributed by atoms with Gasteiger partial charge in [0, 0.05) is 17.6 Å². The van der Waals surface area contributed by atoms with E-state index in [1.807, 2.05) is 0 Å². The molecule has 0 aliphatic carbocycles. The van der Waals surface area contributed by atoms with Gasteiger partial charge in [-0.3, -0.25) is 0 Å². The Bertz CT molecular complexity index is 1320. The van der Waals surface area contributed by atoms with Gasteiger partial charge in [-0.05, 0) is 51.8 Å². The Hall–Kier alpha value is -3.96. The van der Waals surface area contributed by atoms with Crippen LogP contribution in [-0.4, -0.2) is 46.3 Å². The number of H-pyrrole nitrogens is 2. The van der Waals surface area contributed by atoms with Gasteiger partial charge in [0.1, 0.15) is 11.3 Å². The molecule has 0 fully saturated rings. The molecule has 0 radical (unpaired) electrons. The maximum absolute atomic E-state index is 12.9. The topological polar surface area (TPSA) is 123 Å². The van der Waals surface area contributed by atoms with E-state index in [0.29, 0.717) is 28.9 Å². The van der Waals surface area contributed by atoms with Crippen molar-refractivity contribution in [3.63, 3.8) is 0 Å². The fourth-order valence-electron chi connectivity index (χ4n) is 3.76. The highest BCUT2D eigenvalue weighted by atomic mass is 19.4. The summed E-state index contributed by atoms with van der Waals surface area (Å²) in [4.78, 5) is 42.8. The average Bonchev–Trinajstić information content (AvgIpc) is 3.37. The molecule has 3 N–H and O–H groups in total. The summed E-state index contributed by atoms with van der Waals surface area (Å²) in [5.41, 5.74) is 0.978. The van der Waals surface area contributed by atoms with Crippen molar-refractivity contribution < 1.29 is 41.8 Å². The summed E-state index contributed by atoms with van der Waals surface area (Å²) in [5, 5.41) is 3.25. The van der Waals surface area contributed by atoms with Gasteiger partial charge in [-0.1, -0.05) is 13.0 Å². The Morgan fingerprint density at radius 3 is 2.35 bits per heavy atom. The summed E-state index contributed by atoms with van der Waals surface area (Å²) in [6, 6.07) is 4.81. The minimum atomic E-state index is -5.17. The number of halogens is 3. The molecule has 0 amide bonds. The number of hydrogen-bond donors (Lipinski definition) is 3. The van der Waals surface area contributed by atoms with Crippen molar-refractivity contribution in [1.82, 2.24) is 9.97 Å². The van der Waals surface area contributed by atoms with Crippen molar-refractivity contribution in [2.24, 2.45) is 0 Å². The molecule has 0 atom stereocenters. The minimum Gasteiger partial charge on any atom is -0.462 e. The Labute approximate surface area is 210 Å². The molecule has 200 valence electrons. The van der Waals surface area contributed by atoms with Gasteiger partial charge in [0.2, 0.25) is 0 Å². The number of carbonyl (C=O) groups is 3. The molecule has 0 aliphatic rings. The first kappa shape index (κ1) is 27.6. The molecule has 1 aromatic carbocycles. The summed E-state index contributed by atoms with van der Waals surface area (Å²) in [6.07, 6.45) is -3.70. The van der Waals surface area contributed by atoms with E-state index in [0.717, 1.165) is 6.20 Å². The van der Waals surface area contributed by atoms with E-state index < -0.39 is 29.7 Å². The molecule has 3 rings (SSSR count). The van der Waals surface area contributed by atoms with Gasteiger partial charge >= 0.3 is 24.1 Å². The van der Waals surface area contributed by atoms with E-state index in [9.17, 15) is 27.6 Å². The number of aromatic amines is 2. The van der Waals surface area contributed by atoms with E-state index in [2.05, 4.69) is 20.0 Å². The SMILES string of the molecule is CCOC(=O)c1c(CNc2cccc3[nH]cc(OC(=O)C(F)(F)F)c23)[nH]c(C(=O)OC(C)(C)C)c1CC. The molecule has 0 spiro atoms. The number of nitrogens with one attached hydrogen (secondary N) is 3. The first-order valence-electron chi connectivity index (χ1n) is 11.5. The molecule has 2 aromatic heterocycles. The Balaban J connectivity index is 2.00. The van der Waals surface area contributed by atoms with Crippen LogP contribution in [0.2, 0.25) is 0 Å². The lowest BCUT2D eigenvalue weighted by molar-refractivity contribution is -0.189. The molecule has 0 saturated heterocycles. The van der Waals surface area contributed by atoms with Crippen LogP contribution in [0, 0.1) is 0 Å². The maximum atomic E-state index is 12.9. The number of benzene rings is 1. The second kappa shape index (κ2) is 10.6. The highest BCUT2D eigenvalue weighted by Crippen LogP contribution is 2.34. The van der Waals surface area contributed by atoms with Crippen molar-refractivity contribution in [3.05, 3.63) is 46.9 Å². The molecular formula is C25H28F3N3O6. The van der Waals surface area contributed by atoms with Crippen LogP contribution in [0.25, 0.3) is 10.9 Å². The molecule has 12 heteroatoms. The average molecular weight is 524 g/mol. The highest BCUT2D eigenvalue weighted by molar-refractivity contribution is 6.00. The van der Waals surface area contributed by atoms with E-state index in [1.54, 1.807) is 52.8 Å².